The smallest absolute Gasteiger partial charge is 0.462 e. The molecule has 0 heterocycles. The lowest BCUT2D eigenvalue weighted by atomic mass is 10.1. The molecular weight excluding hydrogens is 832 g/mol. The second kappa shape index (κ2) is 47.0. The summed E-state index contributed by atoms with van der Waals surface area (Å²) in [6.45, 7) is 4.44. The number of unbranched alkanes of at least 4 members (excludes halogenated alkanes) is 22. The SMILES string of the molecule is CC/C=C\C/C=C\C/C=C\CCCCCCCC(=O)OCC(COP(=O)(O)OCC(CO)OC(=O)CCCCCCCCCCCCC)OC(=O)CCCCCCC/C=C\CCCC. The maximum absolute atomic E-state index is 12.8. The van der Waals surface area contributed by atoms with Crippen LogP contribution in [0.1, 0.15) is 226 Å². The lowest BCUT2D eigenvalue weighted by Gasteiger charge is -2.21. The number of rotatable bonds is 47. The van der Waals surface area contributed by atoms with Gasteiger partial charge < -0.3 is 24.2 Å². The molecule has 0 aliphatic rings. The van der Waals surface area contributed by atoms with Gasteiger partial charge in [-0.3, -0.25) is 23.4 Å². The second-order valence-electron chi connectivity index (χ2n) is 17.0. The minimum absolute atomic E-state index is 0.154. The highest BCUT2D eigenvalue weighted by molar-refractivity contribution is 7.47. The summed E-state index contributed by atoms with van der Waals surface area (Å²) in [5, 5.41) is 9.75. The predicted octanol–water partition coefficient (Wildman–Crippen LogP) is 14.2. The molecule has 0 radical (unpaired) electrons. The first-order valence-electron chi connectivity index (χ1n) is 25.5. The molecule has 0 saturated heterocycles. The quantitative estimate of drug-likeness (QED) is 0.0197. The van der Waals surface area contributed by atoms with Crippen LogP contribution in [0.3, 0.4) is 0 Å². The van der Waals surface area contributed by atoms with Gasteiger partial charge in [-0.25, -0.2) is 4.57 Å². The highest BCUT2D eigenvalue weighted by Gasteiger charge is 2.28. The maximum atomic E-state index is 12.8. The van der Waals surface area contributed by atoms with Crippen LogP contribution < -0.4 is 0 Å². The van der Waals surface area contributed by atoms with Crippen LogP contribution in [0, 0.1) is 0 Å². The number of aliphatic hydroxyl groups excluding tert-OH is 1. The van der Waals surface area contributed by atoms with E-state index in [0.717, 1.165) is 109 Å². The Bertz CT molecular complexity index is 1260. The van der Waals surface area contributed by atoms with E-state index in [1.165, 1.54) is 57.8 Å². The molecular formula is C52H93O11P. The molecule has 0 aromatic heterocycles. The highest BCUT2D eigenvalue weighted by atomic mass is 31.2. The maximum Gasteiger partial charge on any atom is 0.472 e. The van der Waals surface area contributed by atoms with E-state index >= 15 is 0 Å². The van der Waals surface area contributed by atoms with Gasteiger partial charge in [-0.1, -0.05) is 185 Å². The van der Waals surface area contributed by atoms with Gasteiger partial charge in [0.15, 0.2) is 6.10 Å². The second-order valence-corrected chi connectivity index (χ2v) is 18.4. The molecule has 2 N–H and O–H groups in total. The summed E-state index contributed by atoms with van der Waals surface area (Å²) in [5.41, 5.74) is 0. The van der Waals surface area contributed by atoms with Crippen molar-refractivity contribution >= 4 is 25.7 Å². The molecule has 372 valence electrons. The lowest BCUT2D eigenvalue weighted by molar-refractivity contribution is -0.161. The molecule has 0 saturated carbocycles. The molecule has 0 aliphatic carbocycles. The van der Waals surface area contributed by atoms with Crippen molar-refractivity contribution in [1.29, 1.82) is 0 Å². The fourth-order valence-electron chi connectivity index (χ4n) is 6.82. The third-order valence-corrected chi connectivity index (χ3v) is 11.7. The van der Waals surface area contributed by atoms with Gasteiger partial charge in [0.1, 0.15) is 12.7 Å². The minimum atomic E-state index is -4.74. The first kappa shape index (κ1) is 61.4. The summed E-state index contributed by atoms with van der Waals surface area (Å²) in [6.07, 6.45) is 46.6. The largest absolute Gasteiger partial charge is 0.472 e. The average molecular weight is 925 g/mol. The Morgan fingerprint density at radius 2 is 0.828 bits per heavy atom. The predicted molar refractivity (Wildman–Crippen MR) is 261 cm³/mol. The fourth-order valence-corrected chi connectivity index (χ4v) is 7.61. The van der Waals surface area contributed by atoms with Crippen molar-refractivity contribution in [3.63, 3.8) is 0 Å². The Labute approximate surface area is 390 Å². The van der Waals surface area contributed by atoms with Crippen LogP contribution in [0.25, 0.3) is 0 Å². The average Bonchev–Trinajstić information content (AvgIpc) is 3.28. The van der Waals surface area contributed by atoms with Crippen molar-refractivity contribution in [1.82, 2.24) is 0 Å². The van der Waals surface area contributed by atoms with Gasteiger partial charge in [0.25, 0.3) is 0 Å². The van der Waals surface area contributed by atoms with Gasteiger partial charge in [-0.15, -0.1) is 0 Å². The Hall–Kier alpha value is -2.56. The zero-order valence-electron chi connectivity index (χ0n) is 40.7. The molecule has 0 amide bonds. The number of allylic oxidation sites excluding steroid dienone is 8. The van der Waals surface area contributed by atoms with Crippen molar-refractivity contribution < 1.29 is 52.2 Å². The van der Waals surface area contributed by atoms with E-state index in [2.05, 4.69) is 69.4 Å². The van der Waals surface area contributed by atoms with Gasteiger partial charge in [0.05, 0.1) is 19.8 Å². The van der Waals surface area contributed by atoms with Gasteiger partial charge in [0, 0.05) is 19.3 Å². The fraction of sp³-hybridized carbons (Fsp3) is 0.788. The molecule has 64 heavy (non-hydrogen) atoms. The number of phosphoric acid groups is 1. The van der Waals surface area contributed by atoms with E-state index in [1.54, 1.807) is 0 Å². The van der Waals surface area contributed by atoms with E-state index in [-0.39, 0.29) is 25.9 Å². The standard InChI is InChI=1S/C52H93O11P/c1-4-7-10-13-16-19-22-23-24-25-28-29-32-35-38-41-50(54)59-45-49(63-52(56)43-40-37-34-31-27-21-18-15-12-9-6-3)47-61-64(57,58)60-46-48(44-53)62-51(55)42-39-36-33-30-26-20-17-14-11-8-5-2/h7,10,15-16,18-19,23-24,48-49,53H,4-6,8-9,11-14,17,20-22,25-47H2,1-3H3,(H,57,58)/b10-7-,18-15-,19-16-,24-23-. The number of ether oxygens (including phenoxy) is 3. The summed E-state index contributed by atoms with van der Waals surface area (Å²) in [4.78, 5) is 48.2. The Kier molecular flexibility index (Phi) is 45.1. The van der Waals surface area contributed by atoms with Gasteiger partial charge in [0.2, 0.25) is 0 Å². The number of carbonyl (C=O) groups excluding carboxylic acids is 3. The van der Waals surface area contributed by atoms with Crippen molar-refractivity contribution in [3.05, 3.63) is 48.6 Å². The number of hydrogen-bond acceptors (Lipinski definition) is 10. The highest BCUT2D eigenvalue weighted by Crippen LogP contribution is 2.43. The molecule has 0 aromatic carbocycles. The van der Waals surface area contributed by atoms with Crippen LogP contribution in [0.15, 0.2) is 48.6 Å². The lowest BCUT2D eigenvalue weighted by Crippen LogP contribution is -2.30. The van der Waals surface area contributed by atoms with Crippen LogP contribution in [0.2, 0.25) is 0 Å². The zero-order valence-corrected chi connectivity index (χ0v) is 41.6. The van der Waals surface area contributed by atoms with Crippen LogP contribution in [0.5, 0.6) is 0 Å². The van der Waals surface area contributed by atoms with Crippen LogP contribution in [-0.4, -0.2) is 66.5 Å². The molecule has 3 atom stereocenters. The Morgan fingerprint density at radius 1 is 0.453 bits per heavy atom. The third kappa shape index (κ3) is 44.6. The first-order valence-corrected chi connectivity index (χ1v) is 27.0. The van der Waals surface area contributed by atoms with Crippen molar-refractivity contribution in [3.8, 4) is 0 Å². The van der Waals surface area contributed by atoms with E-state index in [9.17, 15) is 28.9 Å². The van der Waals surface area contributed by atoms with Crippen LogP contribution >= 0.6 is 7.82 Å². The third-order valence-electron chi connectivity index (χ3n) is 10.7. The molecule has 3 unspecified atom stereocenters. The number of aliphatic hydroxyl groups is 1. The Morgan fingerprint density at radius 3 is 1.31 bits per heavy atom. The number of hydrogen-bond donors (Lipinski definition) is 2. The topological polar surface area (TPSA) is 155 Å². The summed E-state index contributed by atoms with van der Waals surface area (Å²) >= 11 is 0. The summed E-state index contributed by atoms with van der Waals surface area (Å²) in [7, 11) is -4.74. The molecule has 11 nitrogen and oxygen atoms in total. The number of esters is 3. The van der Waals surface area contributed by atoms with E-state index in [0.29, 0.717) is 19.3 Å². The molecule has 0 aliphatic heterocycles. The molecule has 0 bridgehead atoms. The van der Waals surface area contributed by atoms with Crippen molar-refractivity contribution in [2.45, 2.75) is 238 Å². The molecule has 12 heteroatoms. The first-order chi connectivity index (χ1) is 31.2. The summed E-state index contributed by atoms with van der Waals surface area (Å²) < 4.78 is 39.3. The van der Waals surface area contributed by atoms with Crippen LogP contribution in [-0.2, 0) is 42.2 Å². The van der Waals surface area contributed by atoms with Crippen molar-refractivity contribution in [2.75, 3.05) is 26.4 Å². The molecule has 0 spiro atoms. The molecule has 0 aromatic rings. The molecule has 0 fully saturated rings. The van der Waals surface area contributed by atoms with Crippen LogP contribution in [0.4, 0.5) is 0 Å². The zero-order chi connectivity index (χ0) is 47.0. The number of carbonyl (C=O) groups is 3. The van der Waals surface area contributed by atoms with Gasteiger partial charge in [-0.05, 0) is 70.6 Å². The normalized spacial score (nSPS) is 13.9. The molecule has 0 rings (SSSR count). The minimum Gasteiger partial charge on any atom is -0.462 e. The van der Waals surface area contributed by atoms with E-state index in [1.807, 2.05) is 0 Å². The van der Waals surface area contributed by atoms with E-state index in [4.69, 9.17) is 23.3 Å². The van der Waals surface area contributed by atoms with Gasteiger partial charge in [-0.2, -0.15) is 0 Å². The van der Waals surface area contributed by atoms with Gasteiger partial charge >= 0.3 is 25.7 Å². The van der Waals surface area contributed by atoms with E-state index < -0.39 is 57.8 Å². The Balaban J connectivity index is 4.75. The number of phosphoric ester groups is 1. The monoisotopic (exact) mass is 925 g/mol. The van der Waals surface area contributed by atoms with Crippen molar-refractivity contribution in [2.24, 2.45) is 0 Å². The summed E-state index contributed by atoms with van der Waals surface area (Å²) in [6, 6.07) is 0. The summed E-state index contributed by atoms with van der Waals surface area (Å²) in [5.74, 6) is -1.49.